The van der Waals surface area contributed by atoms with Gasteiger partial charge >= 0.3 is 0 Å². The number of hydrogen-bond donors (Lipinski definition) is 2. The maximum absolute atomic E-state index is 5.71. The smallest absolute Gasteiger partial charge is 0.142 e. The van der Waals surface area contributed by atoms with Crippen molar-refractivity contribution in [3.8, 4) is 5.75 Å². The molecular formula is C9H10N2O. The third kappa shape index (κ3) is 0.906. The Morgan fingerprint density at radius 1 is 1.42 bits per heavy atom. The van der Waals surface area contributed by atoms with Crippen molar-refractivity contribution in [3.63, 3.8) is 0 Å². The quantitative estimate of drug-likeness (QED) is 0.628. The van der Waals surface area contributed by atoms with E-state index in [1.54, 1.807) is 7.11 Å². The molecule has 0 bridgehead atoms. The van der Waals surface area contributed by atoms with E-state index < -0.39 is 0 Å². The zero-order valence-electron chi connectivity index (χ0n) is 6.79. The molecule has 0 saturated heterocycles. The molecule has 62 valence electrons. The number of rotatable bonds is 1. The van der Waals surface area contributed by atoms with Crippen LogP contribution in [0, 0.1) is 0 Å². The van der Waals surface area contributed by atoms with Gasteiger partial charge in [0, 0.05) is 17.1 Å². The molecule has 3 N–H and O–H groups in total. The lowest BCUT2D eigenvalue weighted by atomic mass is 10.2. The number of hydrogen-bond acceptors (Lipinski definition) is 2. The van der Waals surface area contributed by atoms with Crippen molar-refractivity contribution in [3.05, 3.63) is 24.4 Å². The summed E-state index contributed by atoms with van der Waals surface area (Å²) in [6.07, 6.45) is 1.88. The van der Waals surface area contributed by atoms with Gasteiger partial charge in [-0.1, -0.05) is 0 Å². The number of aromatic nitrogens is 1. The van der Waals surface area contributed by atoms with Crippen LogP contribution in [0.2, 0.25) is 0 Å². The maximum Gasteiger partial charge on any atom is 0.142 e. The maximum atomic E-state index is 5.71. The summed E-state index contributed by atoms with van der Waals surface area (Å²) in [7, 11) is 1.62. The zero-order chi connectivity index (χ0) is 8.55. The molecular weight excluding hydrogens is 152 g/mol. The minimum Gasteiger partial charge on any atom is -0.495 e. The van der Waals surface area contributed by atoms with E-state index in [2.05, 4.69) is 4.98 Å². The number of ether oxygens (including phenoxy) is 1. The number of nitrogens with two attached hydrogens (primary N) is 1. The van der Waals surface area contributed by atoms with Crippen LogP contribution in [-0.2, 0) is 0 Å². The summed E-state index contributed by atoms with van der Waals surface area (Å²) in [4.78, 5) is 3.08. The van der Waals surface area contributed by atoms with Crippen molar-refractivity contribution >= 4 is 16.6 Å². The number of nitrogen functional groups attached to an aromatic ring is 1. The fraction of sp³-hybridized carbons (Fsp3) is 0.111. The number of H-pyrrole nitrogens is 1. The van der Waals surface area contributed by atoms with Crippen LogP contribution in [0.25, 0.3) is 10.9 Å². The van der Waals surface area contributed by atoms with E-state index in [4.69, 9.17) is 10.5 Å². The monoisotopic (exact) mass is 162 g/mol. The average molecular weight is 162 g/mol. The lowest BCUT2D eigenvalue weighted by Gasteiger charge is -2.03. The summed E-state index contributed by atoms with van der Waals surface area (Å²) in [6, 6.07) is 5.77. The van der Waals surface area contributed by atoms with Crippen molar-refractivity contribution in [2.75, 3.05) is 12.8 Å². The van der Waals surface area contributed by atoms with E-state index in [0.29, 0.717) is 5.69 Å². The number of aromatic amines is 1. The summed E-state index contributed by atoms with van der Waals surface area (Å²) in [5.74, 6) is 0.724. The van der Waals surface area contributed by atoms with E-state index in [-0.39, 0.29) is 0 Å². The largest absolute Gasteiger partial charge is 0.495 e. The second-order valence-corrected chi connectivity index (χ2v) is 2.66. The Morgan fingerprint density at radius 2 is 2.25 bits per heavy atom. The van der Waals surface area contributed by atoms with Crippen LogP contribution < -0.4 is 10.5 Å². The molecule has 3 nitrogen and oxygen atoms in total. The van der Waals surface area contributed by atoms with E-state index in [1.165, 1.54) is 0 Å². The van der Waals surface area contributed by atoms with Gasteiger partial charge in [0.15, 0.2) is 0 Å². The van der Waals surface area contributed by atoms with Gasteiger partial charge < -0.3 is 15.5 Å². The van der Waals surface area contributed by atoms with Crippen molar-refractivity contribution < 1.29 is 4.74 Å². The van der Waals surface area contributed by atoms with Gasteiger partial charge in [0.1, 0.15) is 5.75 Å². The third-order valence-electron chi connectivity index (χ3n) is 1.90. The molecule has 0 radical (unpaired) electrons. The van der Waals surface area contributed by atoms with E-state index in [1.807, 2.05) is 24.4 Å². The summed E-state index contributed by atoms with van der Waals surface area (Å²) < 4.78 is 5.08. The first-order chi connectivity index (χ1) is 5.81. The van der Waals surface area contributed by atoms with Crippen molar-refractivity contribution in [1.82, 2.24) is 4.98 Å². The lowest BCUT2D eigenvalue weighted by Crippen LogP contribution is -1.91. The second kappa shape index (κ2) is 2.44. The van der Waals surface area contributed by atoms with Gasteiger partial charge in [-0.25, -0.2) is 0 Å². The van der Waals surface area contributed by atoms with E-state index in [0.717, 1.165) is 16.7 Å². The average Bonchev–Trinajstić information content (AvgIpc) is 2.49. The van der Waals surface area contributed by atoms with Gasteiger partial charge in [0.05, 0.1) is 12.8 Å². The van der Waals surface area contributed by atoms with Gasteiger partial charge in [0.25, 0.3) is 0 Å². The Hall–Kier alpha value is -1.64. The normalized spacial score (nSPS) is 10.4. The highest BCUT2D eigenvalue weighted by Crippen LogP contribution is 2.26. The van der Waals surface area contributed by atoms with Gasteiger partial charge in [-0.2, -0.15) is 0 Å². The number of methoxy groups -OCH3 is 1. The first-order valence-corrected chi connectivity index (χ1v) is 3.72. The number of nitrogens with one attached hydrogen (secondary N) is 1. The van der Waals surface area contributed by atoms with Crippen LogP contribution in [0.3, 0.4) is 0 Å². The highest BCUT2D eigenvalue weighted by molar-refractivity contribution is 5.85. The molecule has 0 fully saturated rings. The number of anilines is 1. The predicted octanol–water partition coefficient (Wildman–Crippen LogP) is 1.76. The molecule has 0 unspecified atom stereocenters. The molecule has 3 heteroatoms. The molecule has 0 aliphatic carbocycles. The molecule has 0 aliphatic rings. The molecule has 12 heavy (non-hydrogen) atoms. The van der Waals surface area contributed by atoms with Crippen molar-refractivity contribution in [2.45, 2.75) is 0 Å². The van der Waals surface area contributed by atoms with Crippen LogP contribution in [0.1, 0.15) is 0 Å². The molecule has 0 aliphatic heterocycles. The fourth-order valence-electron chi connectivity index (χ4n) is 1.27. The summed E-state index contributed by atoms with van der Waals surface area (Å²) in [5.41, 5.74) is 7.41. The van der Waals surface area contributed by atoms with Gasteiger partial charge in [-0.05, 0) is 18.2 Å². The summed E-state index contributed by atoms with van der Waals surface area (Å²) in [5, 5.41) is 1.11. The number of fused-ring (bicyclic) bond motifs is 1. The molecule has 0 amide bonds. The number of benzene rings is 1. The van der Waals surface area contributed by atoms with Crippen LogP contribution in [0.4, 0.5) is 5.69 Å². The molecule has 2 aromatic rings. The van der Waals surface area contributed by atoms with Crippen molar-refractivity contribution in [2.24, 2.45) is 0 Å². The van der Waals surface area contributed by atoms with Gasteiger partial charge in [0.2, 0.25) is 0 Å². The summed E-state index contributed by atoms with van der Waals surface area (Å²) >= 11 is 0. The van der Waals surface area contributed by atoms with E-state index in [9.17, 15) is 0 Å². The van der Waals surface area contributed by atoms with Crippen LogP contribution in [0.15, 0.2) is 24.4 Å². The molecule has 1 heterocycles. The summed E-state index contributed by atoms with van der Waals surface area (Å²) in [6.45, 7) is 0. The van der Waals surface area contributed by atoms with Crippen molar-refractivity contribution in [1.29, 1.82) is 0 Å². The zero-order valence-corrected chi connectivity index (χ0v) is 6.79. The first-order valence-electron chi connectivity index (χ1n) is 3.72. The molecule has 0 saturated carbocycles. The van der Waals surface area contributed by atoms with Crippen LogP contribution in [-0.4, -0.2) is 12.1 Å². The minimum atomic E-state index is 0.660. The molecule has 1 aromatic heterocycles. The van der Waals surface area contributed by atoms with Crippen LogP contribution >= 0.6 is 0 Å². The van der Waals surface area contributed by atoms with E-state index >= 15 is 0 Å². The highest BCUT2D eigenvalue weighted by Gasteiger charge is 2.01. The molecule has 0 atom stereocenters. The van der Waals surface area contributed by atoms with Gasteiger partial charge in [-0.15, -0.1) is 0 Å². The lowest BCUT2D eigenvalue weighted by molar-refractivity contribution is 0.417. The topological polar surface area (TPSA) is 51.0 Å². The third-order valence-corrected chi connectivity index (χ3v) is 1.90. The standard InChI is InChI=1S/C9H10N2O/c1-12-9-4-6-2-3-11-8(6)5-7(9)10/h2-5,11H,10H2,1H3. The highest BCUT2D eigenvalue weighted by atomic mass is 16.5. The molecule has 1 aromatic carbocycles. The molecule has 2 rings (SSSR count). The Bertz CT molecular complexity index is 406. The Kier molecular flexibility index (Phi) is 1.43. The van der Waals surface area contributed by atoms with Crippen LogP contribution in [0.5, 0.6) is 5.75 Å². The Labute approximate surface area is 70.1 Å². The Morgan fingerprint density at radius 3 is 3.00 bits per heavy atom. The van der Waals surface area contributed by atoms with Gasteiger partial charge in [-0.3, -0.25) is 0 Å². The predicted molar refractivity (Wildman–Crippen MR) is 49.3 cm³/mol. The Balaban J connectivity index is 2.73. The second-order valence-electron chi connectivity index (χ2n) is 2.66. The minimum absolute atomic E-state index is 0.660. The fourth-order valence-corrected chi connectivity index (χ4v) is 1.27. The SMILES string of the molecule is COc1cc2cc[nH]c2cc1N. The molecule has 0 spiro atoms. The first kappa shape index (κ1) is 7.03.